The van der Waals surface area contributed by atoms with Crippen LogP contribution < -0.4 is 5.32 Å². The number of hydrogen-bond acceptors (Lipinski definition) is 6. The van der Waals surface area contributed by atoms with Crippen LogP contribution >= 0.6 is 11.8 Å². The summed E-state index contributed by atoms with van der Waals surface area (Å²) in [6, 6.07) is 5.25. The minimum absolute atomic E-state index is 0.223. The molecule has 1 saturated heterocycles. The fraction of sp³-hybridized carbons (Fsp3) is 0.400. The molecule has 8 nitrogen and oxygen atoms in total. The second-order valence-corrected chi connectivity index (χ2v) is 6.91. The summed E-state index contributed by atoms with van der Waals surface area (Å²) in [5.74, 6) is 0.405. The number of rotatable bonds is 4. The van der Waals surface area contributed by atoms with Gasteiger partial charge in [-0.1, -0.05) is 11.8 Å². The van der Waals surface area contributed by atoms with Gasteiger partial charge in [-0.2, -0.15) is 5.10 Å². The van der Waals surface area contributed by atoms with Gasteiger partial charge in [0.2, 0.25) is 5.91 Å². The second-order valence-electron chi connectivity index (χ2n) is 5.55. The molecular formula is C15H18N6O2S. The van der Waals surface area contributed by atoms with Crippen molar-refractivity contribution in [1.29, 1.82) is 0 Å². The first-order valence-electron chi connectivity index (χ1n) is 7.59. The summed E-state index contributed by atoms with van der Waals surface area (Å²) < 4.78 is 1.72. The number of aryl methyl sites for hydroxylation is 2. The van der Waals surface area contributed by atoms with Gasteiger partial charge in [-0.25, -0.2) is 9.48 Å². The van der Waals surface area contributed by atoms with E-state index in [4.69, 9.17) is 0 Å². The van der Waals surface area contributed by atoms with Crippen LogP contribution in [0.25, 0.3) is 5.82 Å². The van der Waals surface area contributed by atoms with E-state index in [1.165, 1.54) is 16.7 Å². The van der Waals surface area contributed by atoms with Crippen molar-refractivity contribution in [2.75, 3.05) is 13.1 Å². The van der Waals surface area contributed by atoms with Crippen LogP contribution in [-0.2, 0) is 4.79 Å². The van der Waals surface area contributed by atoms with Crippen LogP contribution in [0.1, 0.15) is 18.3 Å². The van der Waals surface area contributed by atoms with Gasteiger partial charge in [-0.05, 0) is 39.0 Å². The van der Waals surface area contributed by atoms with E-state index in [0.29, 0.717) is 23.9 Å². The number of nitrogens with zero attached hydrogens (tertiary/aromatic N) is 5. The smallest absolute Gasteiger partial charge is 0.324 e. The molecule has 0 spiro atoms. The number of hydrogen-bond donors (Lipinski definition) is 1. The predicted molar refractivity (Wildman–Crippen MR) is 89.1 cm³/mol. The average molecular weight is 346 g/mol. The molecule has 2 aromatic heterocycles. The molecule has 1 aliphatic rings. The van der Waals surface area contributed by atoms with Gasteiger partial charge in [0, 0.05) is 18.8 Å². The molecule has 2 aromatic rings. The molecule has 0 aliphatic carbocycles. The van der Waals surface area contributed by atoms with Crippen LogP contribution in [0.15, 0.2) is 23.2 Å². The summed E-state index contributed by atoms with van der Waals surface area (Å²) in [6.45, 7) is 6.54. The molecule has 1 N–H and O–H groups in total. The zero-order valence-corrected chi connectivity index (χ0v) is 14.5. The fourth-order valence-corrected chi connectivity index (χ4v) is 3.31. The fourth-order valence-electron chi connectivity index (χ4n) is 2.48. The van der Waals surface area contributed by atoms with E-state index in [0.717, 1.165) is 11.4 Å². The van der Waals surface area contributed by atoms with Crippen LogP contribution in [0.5, 0.6) is 0 Å². The topological polar surface area (TPSA) is 93.0 Å². The first kappa shape index (κ1) is 16.4. The summed E-state index contributed by atoms with van der Waals surface area (Å²) in [6.07, 6.45) is 0. The highest BCUT2D eigenvalue weighted by Gasteiger charge is 2.30. The maximum atomic E-state index is 12.3. The summed E-state index contributed by atoms with van der Waals surface area (Å²) >= 11 is 1.28. The highest BCUT2D eigenvalue weighted by Crippen LogP contribution is 2.23. The van der Waals surface area contributed by atoms with Crippen molar-refractivity contribution >= 4 is 23.7 Å². The van der Waals surface area contributed by atoms with E-state index in [1.54, 1.807) is 17.7 Å². The van der Waals surface area contributed by atoms with Crippen LogP contribution in [-0.4, -0.2) is 55.2 Å². The van der Waals surface area contributed by atoms with Gasteiger partial charge in [-0.15, -0.1) is 10.2 Å². The van der Waals surface area contributed by atoms with E-state index < -0.39 is 5.25 Å². The maximum Gasteiger partial charge on any atom is 0.324 e. The highest BCUT2D eigenvalue weighted by atomic mass is 32.2. The summed E-state index contributed by atoms with van der Waals surface area (Å²) in [7, 11) is 0. The Morgan fingerprint density at radius 2 is 2.12 bits per heavy atom. The number of carbonyl (C=O) groups excluding carboxylic acids is 2. The van der Waals surface area contributed by atoms with Gasteiger partial charge >= 0.3 is 6.03 Å². The zero-order valence-electron chi connectivity index (χ0n) is 13.7. The Balaban J connectivity index is 1.69. The van der Waals surface area contributed by atoms with Crippen molar-refractivity contribution in [1.82, 2.24) is 30.2 Å². The third-order valence-electron chi connectivity index (χ3n) is 3.62. The number of urea groups is 1. The maximum absolute atomic E-state index is 12.3. The van der Waals surface area contributed by atoms with Crippen LogP contribution in [0.4, 0.5) is 4.79 Å². The van der Waals surface area contributed by atoms with Crippen molar-refractivity contribution in [3.63, 3.8) is 0 Å². The summed E-state index contributed by atoms with van der Waals surface area (Å²) in [5, 5.41) is 15.5. The minimum Gasteiger partial charge on any atom is -0.336 e. The minimum atomic E-state index is -0.414. The van der Waals surface area contributed by atoms with Gasteiger partial charge in [0.1, 0.15) is 5.03 Å². The van der Waals surface area contributed by atoms with Crippen molar-refractivity contribution in [3.8, 4) is 5.82 Å². The van der Waals surface area contributed by atoms with Crippen molar-refractivity contribution in [2.45, 2.75) is 31.0 Å². The Morgan fingerprint density at radius 1 is 1.33 bits per heavy atom. The number of imide groups is 1. The molecule has 1 fully saturated rings. The van der Waals surface area contributed by atoms with Crippen LogP contribution in [0.2, 0.25) is 0 Å². The molecule has 1 aliphatic heterocycles. The van der Waals surface area contributed by atoms with Gasteiger partial charge in [0.25, 0.3) is 0 Å². The second kappa shape index (κ2) is 6.60. The lowest BCUT2D eigenvalue weighted by atomic mass is 10.4. The molecule has 0 saturated carbocycles. The largest absolute Gasteiger partial charge is 0.336 e. The lowest BCUT2D eigenvalue weighted by molar-refractivity contribution is -0.126. The standard InChI is InChI=1S/C15H18N6O2S/c1-9-8-10(2)21(19-9)12-4-5-13(18-17-12)24-11(3)14(22)20-7-6-16-15(20)23/h4-5,8,11H,6-7H2,1-3H3,(H,16,23)/t11-/m1/s1. The molecule has 126 valence electrons. The summed E-state index contributed by atoms with van der Waals surface area (Å²) in [5.41, 5.74) is 1.89. The molecule has 24 heavy (non-hydrogen) atoms. The lowest BCUT2D eigenvalue weighted by Gasteiger charge is -2.16. The number of nitrogens with one attached hydrogen (secondary N) is 1. The Hall–Kier alpha value is -2.42. The van der Waals surface area contributed by atoms with E-state index in [9.17, 15) is 9.59 Å². The number of amides is 3. The Kier molecular flexibility index (Phi) is 4.52. The lowest BCUT2D eigenvalue weighted by Crippen LogP contribution is -2.38. The Labute approximate surface area is 143 Å². The van der Waals surface area contributed by atoms with Gasteiger partial charge in [-0.3, -0.25) is 9.69 Å². The number of carbonyl (C=O) groups is 2. The third-order valence-corrected chi connectivity index (χ3v) is 4.64. The molecule has 3 rings (SSSR count). The highest BCUT2D eigenvalue weighted by molar-refractivity contribution is 8.00. The van der Waals surface area contributed by atoms with E-state index in [-0.39, 0.29) is 11.9 Å². The molecule has 9 heteroatoms. The number of aromatic nitrogens is 4. The summed E-state index contributed by atoms with van der Waals surface area (Å²) in [4.78, 5) is 25.1. The number of thioether (sulfide) groups is 1. The van der Waals surface area contributed by atoms with Gasteiger partial charge < -0.3 is 5.32 Å². The van der Waals surface area contributed by atoms with Crippen molar-refractivity contribution in [3.05, 3.63) is 29.6 Å². The first-order valence-corrected chi connectivity index (χ1v) is 8.47. The molecular weight excluding hydrogens is 328 g/mol. The zero-order chi connectivity index (χ0) is 17.3. The van der Waals surface area contributed by atoms with Gasteiger partial charge in [0.15, 0.2) is 5.82 Å². The molecule has 0 bridgehead atoms. The first-order chi connectivity index (χ1) is 11.5. The Morgan fingerprint density at radius 3 is 2.67 bits per heavy atom. The normalized spacial score (nSPS) is 15.5. The monoisotopic (exact) mass is 346 g/mol. The van der Waals surface area contributed by atoms with Crippen LogP contribution in [0, 0.1) is 13.8 Å². The van der Waals surface area contributed by atoms with Gasteiger partial charge in [0.05, 0.1) is 10.9 Å². The quantitative estimate of drug-likeness (QED) is 0.839. The molecule has 3 amide bonds. The third kappa shape index (κ3) is 3.25. The molecule has 0 aromatic carbocycles. The van der Waals surface area contributed by atoms with E-state index in [1.807, 2.05) is 26.0 Å². The van der Waals surface area contributed by atoms with Crippen molar-refractivity contribution < 1.29 is 9.59 Å². The van der Waals surface area contributed by atoms with Crippen molar-refractivity contribution in [2.24, 2.45) is 0 Å². The van der Waals surface area contributed by atoms with E-state index >= 15 is 0 Å². The SMILES string of the molecule is Cc1cc(C)n(-c2ccc(S[C@H](C)C(=O)N3CCNC3=O)nn2)n1. The molecule has 3 heterocycles. The molecule has 1 atom stereocenters. The molecule has 0 radical (unpaired) electrons. The molecule has 0 unspecified atom stereocenters. The Bertz CT molecular complexity index is 773. The average Bonchev–Trinajstić information content (AvgIpc) is 3.12. The predicted octanol–water partition coefficient (Wildman–Crippen LogP) is 1.31. The van der Waals surface area contributed by atoms with E-state index in [2.05, 4.69) is 20.6 Å². The van der Waals surface area contributed by atoms with Crippen LogP contribution in [0.3, 0.4) is 0 Å².